The number of amides is 2. The van der Waals surface area contributed by atoms with Crippen LogP contribution in [-0.4, -0.2) is 46.8 Å². The summed E-state index contributed by atoms with van der Waals surface area (Å²) in [4.78, 5) is 17.5. The van der Waals surface area contributed by atoms with E-state index in [-0.39, 0.29) is 18.7 Å². The van der Waals surface area contributed by atoms with Crippen LogP contribution in [0.2, 0.25) is 0 Å². The van der Waals surface area contributed by atoms with Gasteiger partial charge in [0.2, 0.25) is 0 Å². The fraction of sp³-hybridized carbons (Fsp3) is 0.421. The van der Waals surface area contributed by atoms with Crippen LogP contribution in [0.4, 0.5) is 4.79 Å². The van der Waals surface area contributed by atoms with E-state index in [0.29, 0.717) is 13.1 Å². The molecule has 0 radical (unpaired) electrons. The predicted octanol–water partition coefficient (Wildman–Crippen LogP) is 2.52. The highest BCUT2D eigenvalue weighted by molar-refractivity contribution is 5.86. The topological polar surface area (TPSA) is 68.4 Å². The van der Waals surface area contributed by atoms with Crippen LogP contribution in [0.25, 0.3) is 10.9 Å². The Morgan fingerprint density at radius 2 is 2.38 bits per heavy atom. The van der Waals surface area contributed by atoms with Crippen LogP contribution >= 0.6 is 0 Å². The Labute approximate surface area is 142 Å². The van der Waals surface area contributed by atoms with Gasteiger partial charge in [-0.1, -0.05) is 17.7 Å². The minimum atomic E-state index is -0.131. The van der Waals surface area contributed by atoms with Gasteiger partial charge in [-0.3, -0.25) is 0 Å². The van der Waals surface area contributed by atoms with E-state index in [2.05, 4.69) is 42.0 Å². The Morgan fingerprint density at radius 1 is 1.54 bits per heavy atom. The smallest absolute Gasteiger partial charge is 0.317 e. The number of nitrogens with zero attached hydrogens (tertiary/aromatic N) is 1. The number of carbonyl (C=O) groups excluding carboxylic acids is 1. The van der Waals surface area contributed by atoms with Crippen molar-refractivity contribution >= 4 is 16.9 Å². The van der Waals surface area contributed by atoms with Gasteiger partial charge in [-0.2, -0.15) is 0 Å². The van der Waals surface area contributed by atoms with Gasteiger partial charge < -0.3 is 20.3 Å². The lowest BCUT2D eigenvalue weighted by Gasteiger charge is -2.27. The summed E-state index contributed by atoms with van der Waals surface area (Å²) in [6.45, 7) is 6.49. The molecule has 24 heavy (non-hydrogen) atoms. The minimum Gasteiger partial charge on any atom is -0.395 e. The van der Waals surface area contributed by atoms with Gasteiger partial charge in [0.1, 0.15) is 0 Å². The molecule has 3 rings (SSSR count). The molecule has 1 unspecified atom stereocenters. The Bertz CT molecular complexity index is 750. The van der Waals surface area contributed by atoms with E-state index in [1.165, 1.54) is 27.7 Å². The number of benzene rings is 1. The number of aryl methyl sites for hydroxylation is 2. The van der Waals surface area contributed by atoms with Gasteiger partial charge >= 0.3 is 6.03 Å². The Hall–Kier alpha value is -2.27. The maximum Gasteiger partial charge on any atom is 0.317 e. The van der Waals surface area contributed by atoms with E-state index in [9.17, 15) is 4.79 Å². The summed E-state index contributed by atoms with van der Waals surface area (Å²) in [5, 5.41) is 13.5. The number of aliphatic hydroxyl groups excluding tert-OH is 1. The van der Waals surface area contributed by atoms with Crippen LogP contribution in [0.15, 0.2) is 30.9 Å². The van der Waals surface area contributed by atoms with Crippen molar-refractivity contribution in [2.45, 2.75) is 32.2 Å². The van der Waals surface area contributed by atoms with Gasteiger partial charge in [-0.15, -0.1) is 6.58 Å². The zero-order valence-corrected chi connectivity index (χ0v) is 14.1. The average Bonchev–Trinajstić information content (AvgIpc) is 2.92. The number of aromatic nitrogens is 1. The third-order valence-corrected chi connectivity index (χ3v) is 4.68. The van der Waals surface area contributed by atoms with Gasteiger partial charge in [0.15, 0.2) is 0 Å². The van der Waals surface area contributed by atoms with Crippen LogP contribution in [0.1, 0.15) is 23.2 Å². The van der Waals surface area contributed by atoms with Crippen molar-refractivity contribution in [3.63, 3.8) is 0 Å². The lowest BCUT2D eigenvalue weighted by molar-refractivity contribution is 0.179. The SMILES string of the molecule is C=CCN(CCO)C(=O)NC1CCc2[nH]c3ccc(C)cc3c2C1. The molecule has 0 saturated heterocycles. The number of rotatable bonds is 5. The Balaban J connectivity index is 1.74. The van der Waals surface area contributed by atoms with Crippen LogP contribution in [-0.2, 0) is 12.8 Å². The first kappa shape index (κ1) is 16.6. The number of H-pyrrole nitrogens is 1. The van der Waals surface area contributed by atoms with Crippen molar-refractivity contribution in [2.24, 2.45) is 0 Å². The molecule has 3 N–H and O–H groups in total. The number of carbonyl (C=O) groups is 1. The monoisotopic (exact) mass is 327 g/mol. The van der Waals surface area contributed by atoms with Crippen molar-refractivity contribution in [1.29, 1.82) is 0 Å². The summed E-state index contributed by atoms with van der Waals surface area (Å²) >= 11 is 0. The largest absolute Gasteiger partial charge is 0.395 e. The van der Waals surface area contributed by atoms with Gasteiger partial charge in [0.25, 0.3) is 0 Å². The molecule has 0 spiro atoms. The van der Waals surface area contributed by atoms with E-state index in [4.69, 9.17) is 5.11 Å². The fourth-order valence-electron chi connectivity index (χ4n) is 3.47. The second-order valence-electron chi connectivity index (χ2n) is 6.48. The van der Waals surface area contributed by atoms with Crippen molar-refractivity contribution in [1.82, 2.24) is 15.2 Å². The van der Waals surface area contributed by atoms with Crippen LogP contribution in [0.5, 0.6) is 0 Å². The molecule has 5 heteroatoms. The molecule has 0 bridgehead atoms. The fourth-order valence-corrected chi connectivity index (χ4v) is 3.47. The number of nitrogens with one attached hydrogen (secondary N) is 2. The lowest BCUT2D eigenvalue weighted by atomic mass is 9.91. The molecule has 1 heterocycles. The van der Waals surface area contributed by atoms with Crippen LogP contribution in [0.3, 0.4) is 0 Å². The first-order valence-corrected chi connectivity index (χ1v) is 8.49. The van der Waals surface area contributed by atoms with E-state index in [1.807, 2.05) is 0 Å². The summed E-state index contributed by atoms with van der Waals surface area (Å²) in [5.41, 5.74) is 5.03. The summed E-state index contributed by atoms with van der Waals surface area (Å²) < 4.78 is 0. The second-order valence-corrected chi connectivity index (χ2v) is 6.48. The summed E-state index contributed by atoms with van der Waals surface area (Å²) in [6, 6.07) is 6.45. The maximum atomic E-state index is 12.4. The lowest BCUT2D eigenvalue weighted by Crippen LogP contribution is -2.47. The average molecular weight is 327 g/mol. The summed E-state index contributed by atoms with van der Waals surface area (Å²) in [5.74, 6) is 0. The molecule has 1 aromatic heterocycles. The molecule has 1 atom stereocenters. The molecule has 2 amide bonds. The van der Waals surface area contributed by atoms with Crippen LogP contribution in [0, 0.1) is 6.92 Å². The number of urea groups is 1. The highest BCUT2D eigenvalue weighted by Gasteiger charge is 2.25. The first-order chi connectivity index (χ1) is 11.6. The van der Waals surface area contributed by atoms with Crippen molar-refractivity contribution in [3.05, 3.63) is 47.7 Å². The van der Waals surface area contributed by atoms with Gasteiger partial charge in [-0.25, -0.2) is 4.79 Å². The number of fused-ring (bicyclic) bond motifs is 3. The Morgan fingerprint density at radius 3 is 3.12 bits per heavy atom. The van der Waals surface area contributed by atoms with E-state index in [1.54, 1.807) is 11.0 Å². The highest BCUT2D eigenvalue weighted by Crippen LogP contribution is 2.29. The highest BCUT2D eigenvalue weighted by atomic mass is 16.3. The van der Waals surface area contributed by atoms with E-state index >= 15 is 0 Å². The van der Waals surface area contributed by atoms with Gasteiger partial charge in [0.05, 0.1) is 6.61 Å². The number of aromatic amines is 1. The molecule has 1 aliphatic rings. The van der Waals surface area contributed by atoms with E-state index < -0.39 is 0 Å². The second kappa shape index (κ2) is 7.09. The molecule has 1 aliphatic carbocycles. The number of hydrogen-bond acceptors (Lipinski definition) is 2. The number of hydrogen-bond donors (Lipinski definition) is 3. The van der Waals surface area contributed by atoms with E-state index in [0.717, 1.165) is 19.3 Å². The third kappa shape index (κ3) is 3.31. The molecule has 5 nitrogen and oxygen atoms in total. The zero-order valence-electron chi connectivity index (χ0n) is 14.1. The molecule has 1 aromatic carbocycles. The number of aliphatic hydroxyl groups is 1. The van der Waals surface area contributed by atoms with Crippen molar-refractivity contribution in [3.8, 4) is 0 Å². The molecule has 2 aromatic rings. The van der Waals surface area contributed by atoms with Crippen molar-refractivity contribution < 1.29 is 9.90 Å². The standard InChI is InChI=1S/C19H25N3O2/c1-3-8-22(9-10-23)19(24)20-14-5-7-18-16(12-14)15-11-13(2)4-6-17(15)21-18/h3-4,6,11,14,21,23H,1,5,7-10,12H2,2H3,(H,20,24). The predicted molar refractivity (Wildman–Crippen MR) is 96.2 cm³/mol. The molecular weight excluding hydrogens is 302 g/mol. The summed E-state index contributed by atoms with van der Waals surface area (Å²) in [7, 11) is 0. The molecular formula is C19H25N3O2. The van der Waals surface area contributed by atoms with Crippen molar-refractivity contribution in [2.75, 3.05) is 19.7 Å². The molecule has 128 valence electrons. The molecule has 0 aliphatic heterocycles. The third-order valence-electron chi connectivity index (χ3n) is 4.68. The quantitative estimate of drug-likeness (QED) is 0.739. The normalized spacial score (nSPS) is 16.7. The maximum absolute atomic E-state index is 12.4. The van der Waals surface area contributed by atoms with Gasteiger partial charge in [0, 0.05) is 35.7 Å². The summed E-state index contributed by atoms with van der Waals surface area (Å²) in [6.07, 6.45) is 4.38. The van der Waals surface area contributed by atoms with Gasteiger partial charge in [-0.05, 0) is 43.9 Å². The molecule has 0 fully saturated rings. The molecule has 0 saturated carbocycles. The Kier molecular flexibility index (Phi) is 4.90. The minimum absolute atomic E-state index is 0.0438. The van der Waals surface area contributed by atoms with Crippen LogP contribution < -0.4 is 5.32 Å². The first-order valence-electron chi connectivity index (χ1n) is 8.49. The zero-order chi connectivity index (χ0) is 17.1.